The number of alkyl halides is 1. The Kier molecular flexibility index (Phi) is 8.01. The lowest BCUT2D eigenvalue weighted by Crippen LogP contribution is -2.60. The number of aromatic nitrogens is 2. The number of rotatable bonds is 9. The molecular formula is C22H31FN2O6. The second kappa shape index (κ2) is 10.5. The zero-order valence-corrected chi connectivity index (χ0v) is 17.8. The normalized spacial score (nSPS) is 26.2. The van der Waals surface area contributed by atoms with Gasteiger partial charge in [-0.2, -0.15) is 0 Å². The molecule has 0 unspecified atom stereocenters. The molecular weight excluding hydrogens is 407 g/mol. The van der Waals surface area contributed by atoms with E-state index in [2.05, 4.69) is 24.2 Å². The Balaban J connectivity index is 1.88. The van der Waals surface area contributed by atoms with Gasteiger partial charge in [-0.1, -0.05) is 31.2 Å². The van der Waals surface area contributed by atoms with Crippen molar-refractivity contribution in [1.82, 2.24) is 9.78 Å². The third kappa shape index (κ3) is 5.24. The molecule has 3 rings (SSSR count). The van der Waals surface area contributed by atoms with Crippen LogP contribution in [0.3, 0.4) is 0 Å². The average Bonchev–Trinajstić information content (AvgIpc) is 3.07. The van der Waals surface area contributed by atoms with E-state index >= 15 is 0 Å². The minimum Gasteiger partial charge on any atom is -0.443 e. The number of aliphatic hydroxyl groups is 4. The molecule has 8 nitrogen and oxygen atoms in total. The first-order chi connectivity index (χ1) is 14.9. The van der Waals surface area contributed by atoms with Crippen LogP contribution in [0.1, 0.15) is 35.7 Å². The van der Waals surface area contributed by atoms with Gasteiger partial charge in [0.25, 0.3) is 0 Å². The number of aryl methyl sites for hydroxylation is 2. The van der Waals surface area contributed by atoms with Gasteiger partial charge in [-0.15, -0.1) is 5.10 Å². The smallest absolute Gasteiger partial charge is 0.239 e. The fraction of sp³-hybridized carbons (Fsp3) is 0.591. The lowest BCUT2D eigenvalue weighted by Gasteiger charge is -2.39. The van der Waals surface area contributed by atoms with Crippen molar-refractivity contribution < 1.29 is 34.3 Å². The molecule has 1 saturated heterocycles. The second-order valence-electron chi connectivity index (χ2n) is 7.80. The van der Waals surface area contributed by atoms with E-state index < -0.39 is 44.0 Å². The molecule has 1 aromatic carbocycles. The molecule has 0 bridgehead atoms. The molecule has 31 heavy (non-hydrogen) atoms. The molecule has 0 radical (unpaired) electrons. The van der Waals surface area contributed by atoms with Crippen LogP contribution >= 0.6 is 0 Å². The van der Waals surface area contributed by atoms with Crippen LogP contribution in [0, 0.1) is 6.92 Å². The number of ether oxygens (including phenoxy) is 2. The van der Waals surface area contributed by atoms with Gasteiger partial charge in [-0.25, -0.2) is 0 Å². The minimum atomic E-state index is -1.55. The minimum absolute atomic E-state index is 0.195. The zero-order valence-electron chi connectivity index (χ0n) is 17.8. The van der Waals surface area contributed by atoms with E-state index in [-0.39, 0.29) is 5.88 Å². The van der Waals surface area contributed by atoms with E-state index in [4.69, 9.17) is 9.47 Å². The fourth-order valence-electron chi connectivity index (χ4n) is 3.65. The molecule has 0 spiro atoms. The van der Waals surface area contributed by atoms with E-state index in [0.717, 1.165) is 23.2 Å². The van der Waals surface area contributed by atoms with Gasteiger partial charge >= 0.3 is 0 Å². The Morgan fingerprint density at radius 1 is 1.10 bits per heavy atom. The van der Waals surface area contributed by atoms with Crippen molar-refractivity contribution in [2.45, 2.75) is 70.4 Å². The first kappa shape index (κ1) is 23.6. The highest BCUT2D eigenvalue weighted by atomic mass is 19.1. The Morgan fingerprint density at radius 2 is 1.77 bits per heavy atom. The molecule has 9 heteroatoms. The van der Waals surface area contributed by atoms with Gasteiger partial charge < -0.3 is 29.9 Å². The van der Waals surface area contributed by atoms with Crippen LogP contribution in [0.25, 0.3) is 0 Å². The number of nitrogens with zero attached hydrogens (tertiary/aromatic N) is 2. The highest BCUT2D eigenvalue weighted by molar-refractivity contribution is 5.37. The standard InChI is InChI=1S/C22H31FN2O6/c1-3-14-5-7-15(8-6-14)11-16-13(2)25(10-4-9-23)24-21(16)31-22-20(29)19(28)18(27)17(12-26)30-22/h5-8,17-20,22,26-29H,3-4,9-12H2,1-2H3/t17-,18-,19+,20-,22-/m1/s1. The average molecular weight is 438 g/mol. The predicted molar refractivity (Wildman–Crippen MR) is 111 cm³/mol. The van der Waals surface area contributed by atoms with Gasteiger partial charge in [0, 0.05) is 24.2 Å². The van der Waals surface area contributed by atoms with Crippen molar-refractivity contribution in [3.63, 3.8) is 0 Å². The quantitative estimate of drug-likeness (QED) is 0.459. The number of benzene rings is 1. The fourth-order valence-corrected chi connectivity index (χ4v) is 3.65. The van der Waals surface area contributed by atoms with Crippen molar-refractivity contribution in [2.75, 3.05) is 13.3 Å². The first-order valence-corrected chi connectivity index (χ1v) is 10.6. The molecule has 0 aliphatic carbocycles. The van der Waals surface area contributed by atoms with Crippen LogP contribution in [0.4, 0.5) is 4.39 Å². The third-order valence-corrected chi connectivity index (χ3v) is 5.69. The van der Waals surface area contributed by atoms with Gasteiger partial charge in [-0.05, 0) is 30.9 Å². The molecule has 4 N–H and O–H groups in total. The lowest BCUT2D eigenvalue weighted by atomic mass is 9.99. The Bertz CT molecular complexity index is 841. The number of aliphatic hydroxyl groups excluding tert-OH is 4. The summed E-state index contributed by atoms with van der Waals surface area (Å²) < 4.78 is 25.7. The second-order valence-corrected chi connectivity index (χ2v) is 7.80. The van der Waals surface area contributed by atoms with Crippen LogP contribution in [-0.4, -0.2) is 74.2 Å². The molecule has 1 fully saturated rings. The summed E-state index contributed by atoms with van der Waals surface area (Å²) >= 11 is 0. The van der Waals surface area contributed by atoms with Crippen LogP contribution in [0.2, 0.25) is 0 Å². The number of halogens is 1. The van der Waals surface area contributed by atoms with E-state index in [1.165, 1.54) is 5.56 Å². The van der Waals surface area contributed by atoms with Gasteiger partial charge in [0.15, 0.2) is 0 Å². The zero-order chi connectivity index (χ0) is 22.5. The molecule has 1 aliphatic rings. The van der Waals surface area contributed by atoms with Gasteiger partial charge in [0.05, 0.1) is 13.3 Å². The lowest BCUT2D eigenvalue weighted by molar-refractivity contribution is -0.278. The predicted octanol–water partition coefficient (Wildman–Crippen LogP) is 0.883. The van der Waals surface area contributed by atoms with Crippen molar-refractivity contribution >= 4 is 0 Å². The van der Waals surface area contributed by atoms with Gasteiger partial charge in [0.2, 0.25) is 12.2 Å². The van der Waals surface area contributed by atoms with Crippen LogP contribution in [-0.2, 0) is 24.1 Å². The molecule has 1 aliphatic heterocycles. The Hall–Kier alpha value is -2.04. The highest BCUT2D eigenvalue weighted by Gasteiger charge is 2.45. The third-order valence-electron chi connectivity index (χ3n) is 5.69. The largest absolute Gasteiger partial charge is 0.443 e. The van der Waals surface area contributed by atoms with Crippen LogP contribution in [0.15, 0.2) is 24.3 Å². The summed E-state index contributed by atoms with van der Waals surface area (Å²) in [6.07, 6.45) is -5.23. The SMILES string of the molecule is CCc1ccc(Cc2c(O[C@H]3O[C@H](CO)[C@@H](O)[C@H](O)[C@H]3O)nn(CCCF)c2C)cc1. The number of hydrogen-bond acceptors (Lipinski definition) is 7. The topological polar surface area (TPSA) is 117 Å². The summed E-state index contributed by atoms with van der Waals surface area (Å²) in [5, 5.41) is 44.2. The molecule has 0 saturated carbocycles. The summed E-state index contributed by atoms with van der Waals surface area (Å²) in [7, 11) is 0. The highest BCUT2D eigenvalue weighted by Crippen LogP contribution is 2.29. The van der Waals surface area contributed by atoms with Gasteiger partial charge in [-0.3, -0.25) is 9.07 Å². The van der Waals surface area contributed by atoms with Gasteiger partial charge in [0.1, 0.15) is 24.4 Å². The van der Waals surface area contributed by atoms with E-state index in [9.17, 15) is 24.8 Å². The maximum absolute atomic E-state index is 12.7. The summed E-state index contributed by atoms with van der Waals surface area (Å²) in [5.74, 6) is 0.195. The van der Waals surface area contributed by atoms with Crippen molar-refractivity contribution in [1.29, 1.82) is 0 Å². The van der Waals surface area contributed by atoms with Crippen molar-refractivity contribution in [3.8, 4) is 5.88 Å². The molecule has 1 aromatic heterocycles. The summed E-state index contributed by atoms with van der Waals surface area (Å²) in [5.41, 5.74) is 3.80. The van der Waals surface area contributed by atoms with E-state index in [1.54, 1.807) is 4.68 Å². The Labute approximate surface area is 180 Å². The molecule has 5 atom stereocenters. The van der Waals surface area contributed by atoms with Crippen molar-refractivity contribution in [2.24, 2.45) is 0 Å². The van der Waals surface area contributed by atoms with E-state index in [1.807, 2.05) is 19.1 Å². The molecule has 172 valence electrons. The molecule has 2 aromatic rings. The molecule has 0 amide bonds. The van der Waals surface area contributed by atoms with Crippen molar-refractivity contribution in [3.05, 3.63) is 46.6 Å². The summed E-state index contributed by atoms with van der Waals surface area (Å²) in [6.45, 7) is 3.28. The molecule has 2 heterocycles. The van der Waals surface area contributed by atoms with Crippen LogP contribution in [0.5, 0.6) is 5.88 Å². The summed E-state index contributed by atoms with van der Waals surface area (Å²) in [4.78, 5) is 0. The monoisotopic (exact) mass is 438 g/mol. The maximum atomic E-state index is 12.7. The summed E-state index contributed by atoms with van der Waals surface area (Å²) in [6, 6.07) is 8.15. The maximum Gasteiger partial charge on any atom is 0.239 e. The number of hydrogen-bond donors (Lipinski definition) is 4. The van der Waals surface area contributed by atoms with E-state index in [0.29, 0.717) is 19.4 Å². The first-order valence-electron chi connectivity index (χ1n) is 10.6. The Morgan fingerprint density at radius 3 is 2.39 bits per heavy atom. The van der Waals surface area contributed by atoms with Crippen LogP contribution < -0.4 is 4.74 Å².